The molecule has 1 aromatic rings. The third-order valence-corrected chi connectivity index (χ3v) is 3.43. The average Bonchev–Trinajstić information content (AvgIpc) is 2.56. The van der Waals surface area contributed by atoms with Gasteiger partial charge in [0, 0.05) is 13.1 Å². The highest BCUT2D eigenvalue weighted by molar-refractivity contribution is 5.93. The van der Waals surface area contributed by atoms with Gasteiger partial charge in [0.2, 0.25) is 11.7 Å². The molecule has 0 aromatic heterocycles. The Bertz CT molecular complexity index is 687. The van der Waals surface area contributed by atoms with E-state index in [1.54, 1.807) is 53.1 Å². The fraction of sp³-hybridized carbons (Fsp3) is 0.474. The van der Waals surface area contributed by atoms with Crippen molar-refractivity contribution in [3.05, 3.63) is 23.8 Å². The lowest BCUT2D eigenvalue weighted by Gasteiger charge is -2.22. The second-order valence-electron chi connectivity index (χ2n) is 6.86. The molecule has 0 aliphatic carbocycles. The van der Waals surface area contributed by atoms with Crippen molar-refractivity contribution < 1.29 is 28.5 Å². The van der Waals surface area contributed by atoms with Crippen LogP contribution in [-0.4, -0.2) is 56.3 Å². The van der Waals surface area contributed by atoms with Gasteiger partial charge >= 0.3 is 5.97 Å². The lowest BCUT2D eigenvalue weighted by Crippen LogP contribution is -2.35. The van der Waals surface area contributed by atoms with Gasteiger partial charge in [0.15, 0.2) is 11.5 Å². The highest BCUT2D eigenvalue weighted by Crippen LogP contribution is 2.40. The Labute approximate surface area is 153 Å². The molecule has 7 heteroatoms. The van der Waals surface area contributed by atoms with E-state index in [1.807, 2.05) is 0 Å². The standard InChI is InChI=1S/C19H25NO6/c1-19(2,3)26-17(22)12-20(4)16(21)7-6-13-10-14(23-5)18-15(11-13)24-8-9-25-18/h6-7,10-11H,8-9,12H2,1-5H3/b7-6+. The summed E-state index contributed by atoms with van der Waals surface area (Å²) in [6.45, 7) is 6.14. The van der Waals surface area contributed by atoms with Gasteiger partial charge in [0.1, 0.15) is 25.4 Å². The van der Waals surface area contributed by atoms with Crippen molar-refractivity contribution in [2.24, 2.45) is 0 Å². The number of rotatable bonds is 5. The lowest BCUT2D eigenvalue weighted by atomic mass is 10.1. The van der Waals surface area contributed by atoms with E-state index < -0.39 is 11.6 Å². The van der Waals surface area contributed by atoms with Crippen LogP contribution in [0, 0.1) is 0 Å². The summed E-state index contributed by atoms with van der Waals surface area (Å²) in [6.07, 6.45) is 3.02. The summed E-state index contributed by atoms with van der Waals surface area (Å²) < 4.78 is 21.6. The second kappa shape index (κ2) is 8.12. The number of likely N-dealkylation sites (N-methyl/N-ethyl adjacent to an activating group) is 1. The first kappa shape index (κ1) is 19.6. The van der Waals surface area contributed by atoms with E-state index in [4.69, 9.17) is 18.9 Å². The molecule has 0 radical (unpaired) electrons. The fourth-order valence-electron chi connectivity index (χ4n) is 2.33. The predicted octanol–water partition coefficient (Wildman–Crippen LogP) is 2.28. The lowest BCUT2D eigenvalue weighted by molar-refractivity contribution is -0.157. The first-order valence-corrected chi connectivity index (χ1v) is 8.32. The number of benzene rings is 1. The maximum atomic E-state index is 12.2. The van der Waals surface area contributed by atoms with Crippen LogP contribution < -0.4 is 14.2 Å². The van der Waals surface area contributed by atoms with Crippen LogP contribution in [0.25, 0.3) is 6.08 Å². The van der Waals surface area contributed by atoms with Crippen LogP contribution in [0.1, 0.15) is 26.3 Å². The number of hydrogen-bond acceptors (Lipinski definition) is 6. The quantitative estimate of drug-likeness (QED) is 0.590. The average molecular weight is 363 g/mol. The largest absolute Gasteiger partial charge is 0.493 e. The maximum Gasteiger partial charge on any atom is 0.326 e. The summed E-state index contributed by atoms with van der Waals surface area (Å²) in [6, 6.07) is 3.53. The number of hydrogen-bond donors (Lipinski definition) is 0. The van der Waals surface area contributed by atoms with Crippen LogP contribution in [-0.2, 0) is 14.3 Å². The Hall–Kier alpha value is -2.70. The Morgan fingerprint density at radius 3 is 2.58 bits per heavy atom. The van der Waals surface area contributed by atoms with E-state index >= 15 is 0 Å². The van der Waals surface area contributed by atoms with Crippen LogP contribution in [0.4, 0.5) is 0 Å². The van der Waals surface area contributed by atoms with Crippen LogP contribution >= 0.6 is 0 Å². The molecule has 1 aliphatic heterocycles. The Morgan fingerprint density at radius 2 is 1.92 bits per heavy atom. The molecule has 2 rings (SSSR count). The number of ether oxygens (including phenoxy) is 4. The molecule has 1 aromatic carbocycles. The maximum absolute atomic E-state index is 12.2. The van der Waals surface area contributed by atoms with Crippen LogP contribution in [0.3, 0.4) is 0 Å². The van der Waals surface area contributed by atoms with E-state index in [1.165, 1.54) is 11.0 Å². The Balaban J connectivity index is 2.04. The van der Waals surface area contributed by atoms with Crippen molar-refractivity contribution >= 4 is 18.0 Å². The summed E-state index contributed by atoms with van der Waals surface area (Å²) in [5.74, 6) is 0.901. The molecule has 0 saturated heterocycles. The van der Waals surface area contributed by atoms with Gasteiger partial charge in [-0.1, -0.05) is 0 Å². The van der Waals surface area contributed by atoms with Crippen molar-refractivity contribution in [1.82, 2.24) is 4.90 Å². The first-order valence-electron chi connectivity index (χ1n) is 8.32. The molecule has 0 unspecified atom stereocenters. The Morgan fingerprint density at radius 1 is 1.23 bits per heavy atom. The molecule has 26 heavy (non-hydrogen) atoms. The minimum atomic E-state index is -0.585. The number of carbonyl (C=O) groups is 2. The third kappa shape index (κ3) is 5.40. The van der Waals surface area contributed by atoms with E-state index in [2.05, 4.69) is 0 Å². The molecule has 0 atom stereocenters. The fourth-order valence-corrected chi connectivity index (χ4v) is 2.33. The summed E-state index contributed by atoms with van der Waals surface area (Å²) in [5, 5.41) is 0. The van der Waals surface area contributed by atoms with Gasteiger partial charge in [-0.25, -0.2) is 0 Å². The minimum absolute atomic E-state index is 0.120. The highest BCUT2D eigenvalue weighted by Gasteiger charge is 2.20. The van der Waals surface area contributed by atoms with Gasteiger partial charge in [-0.05, 0) is 44.5 Å². The SMILES string of the molecule is COc1cc(/C=C/C(=O)N(C)CC(=O)OC(C)(C)C)cc2c1OCCO2. The molecule has 1 heterocycles. The van der Waals surface area contributed by atoms with Crippen LogP contribution in [0.15, 0.2) is 18.2 Å². The number of carbonyl (C=O) groups excluding carboxylic acids is 2. The molecule has 7 nitrogen and oxygen atoms in total. The van der Waals surface area contributed by atoms with E-state index in [9.17, 15) is 9.59 Å². The van der Waals surface area contributed by atoms with Crippen molar-refractivity contribution in [3.8, 4) is 17.2 Å². The zero-order chi connectivity index (χ0) is 19.3. The zero-order valence-corrected chi connectivity index (χ0v) is 15.8. The molecule has 0 N–H and O–H groups in total. The zero-order valence-electron chi connectivity index (χ0n) is 15.8. The molecule has 1 aliphatic rings. The third-order valence-electron chi connectivity index (χ3n) is 3.43. The molecule has 0 fully saturated rings. The van der Waals surface area contributed by atoms with Gasteiger partial charge in [0.25, 0.3) is 0 Å². The topological polar surface area (TPSA) is 74.3 Å². The normalized spacial score (nSPS) is 13.4. The van der Waals surface area contributed by atoms with Gasteiger partial charge in [-0.2, -0.15) is 0 Å². The molecule has 0 saturated carbocycles. The van der Waals surface area contributed by atoms with Crippen LogP contribution in [0.2, 0.25) is 0 Å². The molecule has 142 valence electrons. The number of fused-ring (bicyclic) bond motifs is 1. The number of nitrogens with zero attached hydrogens (tertiary/aromatic N) is 1. The predicted molar refractivity (Wildman–Crippen MR) is 96.5 cm³/mol. The van der Waals surface area contributed by atoms with Crippen molar-refractivity contribution in [1.29, 1.82) is 0 Å². The Kier molecular flexibility index (Phi) is 6.13. The smallest absolute Gasteiger partial charge is 0.326 e. The number of methoxy groups -OCH3 is 1. The van der Waals surface area contributed by atoms with E-state index in [0.29, 0.717) is 30.5 Å². The molecule has 0 spiro atoms. The number of amides is 1. The van der Waals surface area contributed by atoms with E-state index in [-0.39, 0.29) is 12.5 Å². The minimum Gasteiger partial charge on any atom is -0.493 e. The van der Waals surface area contributed by atoms with E-state index in [0.717, 1.165) is 5.56 Å². The van der Waals surface area contributed by atoms with Gasteiger partial charge < -0.3 is 23.8 Å². The number of esters is 1. The molecular weight excluding hydrogens is 338 g/mol. The second-order valence-corrected chi connectivity index (χ2v) is 6.86. The molecular formula is C19H25NO6. The van der Waals surface area contributed by atoms with Gasteiger partial charge in [-0.15, -0.1) is 0 Å². The van der Waals surface area contributed by atoms with Crippen molar-refractivity contribution in [2.45, 2.75) is 26.4 Å². The van der Waals surface area contributed by atoms with Crippen molar-refractivity contribution in [2.75, 3.05) is 33.9 Å². The summed E-state index contributed by atoms with van der Waals surface area (Å²) in [4.78, 5) is 25.3. The summed E-state index contributed by atoms with van der Waals surface area (Å²) in [5.41, 5.74) is 0.142. The summed E-state index contributed by atoms with van der Waals surface area (Å²) >= 11 is 0. The van der Waals surface area contributed by atoms with Crippen LogP contribution in [0.5, 0.6) is 17.2 Å². The van der Waals surface area contributed by atoms with Crippen molar-refractivity contribution in [3.63, 3.8) is 0 Å². The first-order chi connectivity index (χ1) is 12.2. The highest BCUT2D eigenvalue weighted by atomic mass is 16.6. The molecule has 1 amide bonds. The van der Waals surface area contributed by atoms with Gasteiger partial charge in [-0.3, -0.25) is 9.59 Å². The van der Waals surface area contributed by atoms with Gasteiger partial charge in [0.05, 0.1) is 7.11 Å². The summed E-state index contributed by atoms with van der Waals surface area (Å²) in [7, 11) is 3.09. The monoisotopic (exact) mass is 363 g/mol. The molecule has 0 bridgehead atoms.